The van der Waals surface area contributed by atoms with Gasteiger partial charge in [-0.2, -0.15) is 0 Å². The third-order valence-electron chi connectivity index (χ3n) is 4.56. The van der Waals surface area contributed by atoms with E-state index in [0.717, 1.165) is 30.8 Å². The normalized spacial score (nSPS) is 16.4. The predicted octanol–water partition coefficient (Wildman–Crippen LogP) is 2.22. The fourth-order valence-electron chi connectivity index (χ4n) is 3.14. The summed E-state index contributed by atoms with van der Waals surface area (Å²) in [6, 6.07) is 7.60. The fraction of sp³-hybridized carbons (Fsp3) is 0.368. The molecule has 2 aliphatic rings. The molecule has 1 amide bonds. The minimum atomic E-state index is -0.0183. The SMILES string of the molecule is NC(=NCC(=O)N1CCc2sccc2C1)Nc1ccc2c(c1)OCCCO2. The van der Waals surface area contributed by atoms with Gasteiger partial charge in [0.2, 0.25) is 5.91 Å². The van der Waals surface area contributed by atoms with Crippen LogP contribution in [0, 0.1) is 0 Å². The lowest BCUT2D eigenvalue weighted by molar-refractivity contribution is -0.130. The molecular weight excluding hydrogens is 364 g/mol. The van der Waals surface area contributed by atoms with Crippen LogP contribution in [0.1, 0.15) is 16.9 Å². The zero-order valence-corrected chi connectivity index (χ0v) is 15.8. The lowest BCUT2D eigenvalue weighted by Gasteiger charge is -2.26. The molecule has 2 aromatic rings. The largest absolute Gasteiger partial charge is 0.490 e. The van der Waals surface area contributed by atoms with Gasteiger partial charge in [0.1, 0.15) is 6.54 Å². The van der Waals surface area contributed by atoms with E-state index in [9.17, 15) is 4.79 Å². The van der Waals surface area contributed by atoms with Gasteiger partial charge >= 0.3 is 0 Å². The number of anilines is 1. The van der Waals surface area contributed by atoms with E-state index in [1.807, 2.05) is 23.1 Å². The van der Waals surface area contributed by atoms with Crippen LogP contribution in [0.15, 0.2) is 34.6 Å². The maximum atomic E-state index is 12.4. The molecule has 3 N–H and O–H groups in total. The van der Waals surface area contributed by atoms with Crippen LogP contribution in [0.3, 0.4) is 0 Å². The first-order valence-corrected chi connectivity index (χ1v) is 9.86. The van der Waals surface area contributed by atoms with Crippen LogP contribution in [0.5, 0.6) is 11.5 Å². The molecule has 142 valence electrons. The molecule has 8 heteroatoms. The Bertz CT molecular complexity index is 864. The summed E-state index contributed by atoms with van der Waals surface area (Å²) in [5, 5.41) is 5.08. The molecule has 1 aromatic carbocycles. The minimum Gasteiger partial charge on any atom is -0.490 e. The summed E-state index contributed by atoms with van der Waals surface area (Å²) in [6.07, 6.45) is 1.76. The first kappa shape index (κ1) is 17.7. The number of hydrogen-bond acceptors (Lipinski definition) is 5. The molecule has 0 saturated heterocycles. The molecule has 0 radical (unpaired) electrons. The number of fused-ring (bicyclic) bond motifs is 2. The van der Waals surface area contributed by atoms with Crippen molar-refractivity contribution in [2.75, 3.05) is 31.6 Å². The predicted molar refractivity (Wildman–Crippen MR) is 106 cm³/mol. The molecule has 0 saturated carbocycles. The van der Waals surface area contributed by atoms with Gasteiger partial charge < -0.3 is 25.4 Å². The third kappa shape index (κ3) is 4.16. The van der Waals surface area contributed by atoms with Gasteiger partial charge in [-0.1, -0.05) is 0 Å². The summed E-state index contributed by atoms with van der Waals surface area (Å²) in [4.78, 5) is 19.8. The van der Waals surface area contributed by atoms with Crippen LogP contribution in [0.4, 0.5) is 5.69 Å². The summed E-state index contributed by atoms with van der Waals surface area (Å²) < 4.78 is 11.3. The molecule has 2 aliphatic heterocycles. The van der Waals surface area contributed by atoms with E-state index in [-0.39, 0.29) is 18.4 Å². The Balaban J connectivity index is 1.34. The van der Waals surface area contributed by atoms with Gasteiger partial charge in [-0.05, 0) is 35.6 Å². The van der Waals surface area contributed by atoms with Crippen molar-refractivity contribution in [3.63, 3.8) is 0 Å². The number of nitrogens with one attached hydrogen (secondary N) is 1. The fourth-order valence-corrected chi connectivity index (χ4v) is 4.03. The number of rotatable bonds is 3. The van der Waals surface area contributed by atoms with Crippen LogP contribution in [-0.2, 0) is 17.8 Å². The zero-order valence-electron chi connectivity index (χ0n) is 14.9. The van der Waals surface area contributed by atoms with Gasteiger partial charge in [-0.25, -0.2) is 4.99 Å². The van der Waals surface area contributed by atoms with E-state index in [1.165, 1.54) is 10.4 Å². The summed E-state index contributed by atoms with van der Waals surface area (Å²) in [5.74, 6) is 1.59. The molecule has 3 heterocycles. The second kappa shape index (κ2) is 7.87. The van der Waals surface area contributed by atoms with Crippen molar-refractivity contribution >= 4 is 28.9 Å². The molecule has 7 nitrogen and oxygen atoms in total. The van der Waals surface area contributed by atoms with Crippen molar-refractivity contribution in [1.29, 1.82) is 0 Å². The summed E-state index contributed by atoms with van der Waals surface area (Å²) in [5.41, 5.74) is 7.93. The monoisotopic (exact) mass is 386 g/mol. The number of nitrogens with two attached hydrogens (primary N) is 1. The zero-order chi connectivity index (χ0) is 18.6. The highest BCUT2D eigenvalue weighted by atomic mass is 32.1. The molecule has 4 rings (SSSR count). The molecule has 0 atom stereocenters. The molecule has 0 spiro atoms. The molecule has 1 aromatic heterocycles. The van der Waals surface area contributed by atoms with Crippen LogP contribution < -0.4 is 20.5 Å². The quantitative estimate of drug-likeness (QED) is 0.624. The Kier molecular flexibility index (Phi) is 5.15. The number of thiophene rings is 1. The van der Waals surface area contributed by atoms with Gasteiger partial charge in [0, 0.05) is 36.1 Å². The number of nitrogens with zero attached hydrogens (tertiary/aromatic N) is 2. The molecular formula is C19H22N4O3S. The van der Waals surface area contributed by atoms with Gasteiger partial charge in [0.05, 0.1) is 13.2 Å². The van der Waals surface area contributed by atoms with E-state index in [1.54, 1.807) is 11.3 Å². The van der Waals surface area contributed by atoms with E-state index < -0.39 is 0 Å². The van der Waals surface area contributed by atoms with E-state index in [0.29, 0.717) is 25.5 Å². The molecule has 0 unspecified atom stereocenters. The van der Waals surface area contributed by atoms with Gasteiger partial charge in [0.15, 0.2) is 17.5 Å². The highest BCUT2D eigenvalue weighted by Crippen LogP contribution is 2.32. The maximum Gasteiger partial charge on any atom is 0.244 e. The topological polar surface area (TPSA) is 89.2 Å². The average molecular weight is 386 g/mol. The summed E-state index contributed by atoms with van der Waals surface area (Å²) in [7, 11) is 0. The number of guanidine groups is 1. The summed E-state index contributed by atoms with van der Waals surface area (Å²) in [6.45, 7) is 2.69. The van der Waals surface area contributed by atoms with Crippen LogP contribution >= 0.6 is 11.3 Å². The number of aliphatic imine (C=N–C) groups is 1. The van der Waals surface area contributed by atoms with Gasteiger partial charge in [-0.15, -0.1) is 11.3 Å². The molecule has 27 heavy (non-hydrogen) atoms. The highest BCUT2D eigenvalue weighted by molar-refractivity contribution is 7.10. The number of ether oxygens (including phenoxy) is 2. The van der Waals surface area contributed by atoms with E-state index >= 15 is 0 Å². The molecule has 0 aliphatic carbocycles. The summed E-state index contributed by atoms with van der Waals surface area (Å²) >= 11 is 1.75. The lowest BCUT2D eigenvalue weighted by Crippen LogP contribution is -2.37. The average Bonchev–Trinajstić information content (AvgIpc) is 3.02. The van der Waals surface area contributed by atoms with Gasteiger partial charge in [-0.3, -0.25) is 4.79 Å². The van der Waals surface area contributed by atoms with Crippen molar-refractivity contribution in [1.82, 2.24) is 4.90 Å². The highest BCUT2D eigenvalue weighted by Gasteiger charge is 2.21. The van der Waals surface area contributed by atoms with Crippen LogP contribution in [0.2, 0.25) is 0 Å². The second-order valence-corrected chi connectivity index (χ2v) is 7.47. The Morgan fingerprint density at radius 3 is 3.00 bits per heavy atom. The van der Waals surface area contributed by atoms with Crippen LogP contribution in [0.25, 0.3) is 0 Å². The first-order valence-electron chi connectivity index (χ1n) is 8.98. The van der Waals surface area contributed by atoms with E-state index in [2.05, 4.69) is 21.8 Å². The number of carbonyl (C=O) groups excluding carboxylic acids is 1. The second-order valence-electron chi connectivity index (χ2n) is 6.47. The minimum absolute atomic E-state index is 0.0183. The van der Waals surface area contributed by atoms with E-state index in [4.69, 9.17) is 15.2 Å². The van der Waals surface area contributed by atoms with Crippen molar-refractivity contribution in [3.8, 4) is 11.5 Å². The van der Waals surface area contributed by atoms with Crippen LogP contribution in [-0.4, -0.2) is 43.1 Å². The van der Waals surface area contributed by atoms with Gasteiger partial charge in [0.25, 0.3) is 0 Å². The Hall–Kier alpha value is -2.74. The van der Waals surface area contributed by atoms with Crippen molar-refractivity contribution in [3.05, 3.63) is 40.1 Å². The molecule has 0 bridgehead atoms. The number of amides is 1. The smallest absolute Gasteiger partial charge is 0.244 e. The molecule has 0 fully saturated rings. The first-order chi connectivity index (χ1) is 13.2. The van der Waals surface area contributed by atoms with Crippen molar-refractivity contribution < 1.29 is 14.3 Å². The Labute approximate surface area is 161 Å². The number of hydrogen-bond donors (Lipinski definition) is 2. The Morgan fingerprint density at radius 1 is 1.26 bits per heavy atom. The number of benzene rings is 1. The third-order valence-corrected chi connectivity index (χ3v) is 5.59. The van der Waals surface area contributed by atoms with Crippen molar-refractivity contribution in [2.24, 2.45) is 10.7 Å². The maximum absolute atomic E-state index is 12.4. The standard InChI is InChI=1S/C19H22N4O3S/c20-19(22-14-2-3-15-16(10-14)26-8-1-7-25-15)21-11-18(24)23-6-4-17-13(12-23)5-9-27-17/h2-3,5,9-10H,1,4,6-8,11-12H2,(H3,20,21,22). The Morgan fingerprint density at radius 2 is 2.11 bits per heavy atom. The lowest BCUT2D eigenvalue weighted by atomic mass is 10.1. The number of carbonyl (C=O) groups is 1. The van der Waals surface area contributed by atoms with Crippen molar-refractivity contribution in [2.45, 2.75) is 19.4 Å².